The maximum atomic E-state index is 12.3. The molecule has 2 aliphatic rings. The molecular formula is C24H28BrNO2. The Kier molecular flexibility index (Phi) is 4.81. The van der Waals surface area contributed by atoms with Crippen molar-refractivity contribution in [3.05, 3.63) is 63.1 Å². The van der Waals surface area contributed by atoms with Crippen molar-refractivity contribution in [2.75, 3.05) is 5.32 Å². The molecule has 1 atom stereocenters. The molecule has 0 aromatic heterocycles. The Morgan fingerprint density at radius 1 is 1.11 bits per heavy atom. The van der Waals surface area contributed by atoms with Gasteiger partial charge in [0.25, 0.3) is 0 Å². The van der Waals surface area contributed by atoms with E-state index in [0.29, 0.717) is 18.8 Å². The second-order valence-electron chi connectivity index (χ2n) is 8.84. The Labute approximate surface area is 175 Å². The summed E-state index contributed by atoms with van der Waals surface area (Å²) in [5.74, 6) is -0.186. The summed E-state index contributed by atoms with van der Waals surface area (Å²) in [5, 5.41) is 13.5. The summed E-state index contributed by atoms with van der Waals surface area (Å²) in [4.78, 5) is 12.3. The van der Waals surface area contributed by atoms with Crippen LogP contribution in [0, 0.1) is 19.8 Å². The summed E-state index contributed by atoms with van der Waals surface area (Å²) >= 11 is 3.48. The molecule has 2 aromatic carbocycles. The van der Waals surface area contributed by atoms with E-state index in [1.54, 1.807) is 0 Å². The van der Waals surface area contributed by atoms with Gasteiger partial charge in [-0.3, -0.25) is 0 Å². The number of anilines is 1. The second kappa shape index (κ2) is 6.91. The number of aryl methyl sites for hydroxylation is 2. The number of nitrogens with one attached hydrogen (secondary N) is 1. The predicted octanol–water partition coefficient (Wildman–Crippen LogP) is 6.01. The SMILES string of the molecule is Cc1ccc(C)c2c1CC(C)C21CCC(Nc2cccc(Br)c2)(C(=O)O)CC1. The Morgan fingerprint density at radius 3 is 2.43 bits per heavy atom. The number of hydrogen-bond donors (Lipinski definition) is 2. The molecule has 2 aliphatic carbocycles. The standard InChI is InChI=1S/C24H28BrNO2/c1-15-7-8-16(2)21-20(15)13-17(3)23(21)9-11-24(12-10-23,22(27)28)26-19-6-4-5-18(25)14-19/h4-8,14,17,26H,9-13H2,1-3H3,(H,27,28). The van der Waals surface area contributed by atoms with E-state index in [1.165, 1.54) is 22.3 Å². The van der Waals surface area contributed by atoms with Gasteiger partial charge in [0.1, 0.15) is 5.54 Å². The Bertz CT molecular complexity index is 928. The minimum atomic E-state index is -0.897. The van der Waals surface area contributed by atoms with Gasteiger partial charge in [-0.25, -0.2) is 4.79 Å². The van der Waals surface area contributed by atoms with Crippen LogP contribution >= 0.6 is 15.9 Å². The Morgan fingerprint density at radius 2 is 1.79 bits per heavy atom. The average Bonchev–Trinajstić information content (AvgIpc) is 2.94. The molecule has 28 heavy (non-hydrogen) atoms. The molecule has 4 rings (SSSR count). The first kappa shape index (κ1) is 19.5. The molecule has 0 heterocycles. The molecule has 148 valence electrons. The molecule has 0 radical (unpaired) electrons. The number of halogens is 1. The van der Waals surface area contributed by atoms with Crippen LogP contribution in [0.5, 0.6) is 0 Å². The van der Waals surface area contributed by atoms with Crippen LogP contribution < -0.4 is 5.32 Å². The van der Waals surface area contributed by atoms with E-state index < -0.39 is 11.5 Å². The van der Waals surface area contributed by atoms with E-state index in [4.69, 9.17) is 0 Å². The number of rotatable bonds is 3. The normalized spacial score (nSPS) is 28.9. The lowest BCUT2D eigenvalue weighted by Crippen LogP contribution is -2.52. The molecule has 0 aliphatic heterocycles. The molecule has 4 heteroatoms. The van der Waals surface area contributed by atoms with E-state index in [0.717, 1.165) is 29.4 Å². The quantitative estimate of drug-likeness (QED) is 0.613. The zero-order valence-corrected chi connectivity index (χ0v) is 18.4. The third kappa shape index (κ3) is 2.97. The summed E-state index contributed by atoms with van der Waals surface area (Å²) in [6.07, 6.45) is 4.23. The van der Waals surface area contributed by atoms with Gasteiger partial charge in [0.15, 0.2) is 0 Å². The molecule has 3 nitrogen and oxygen atoms in total. The Balaban J connectivity index is 1.66. The maximum Gasteiger partial charge on any atom is 0.329 e. The van der Waals surface area contributed by atoms with Crippen molar-refractivity contribution in [3.63, 3.8) is 0 Å². The highest BCUT2D eigenvalue weighted by Crippen LogP contribution is 2.55. The highest BCUT2D eigenvalue weighted by atomic mass is 79.9. The van der Waals surface area contributed by atoms with Crippen molar-refractivity contribution in [1.82, 2.24) is 0 Å². The van der Waals surface area contributed by atoms with Gasteiger partial charge in [-0.05, 0) is 97.7 Å². The van der Waals surface area contributed by atoms with Crippen LogP contribution in [0.3, 0.4) is 0 Å². The van der Waals surface area contributed by atoms with Gasteiger partial charge in [-0.1, -0.05) is 41.1 Å². The number of hydrogen-bond acceptors (Lipinski definition) is 2. The number of carboxylic acids is 1. The smallest absolute Gasteiger partial charge is 0.329 e. The number of carbonyl (C=O) groups is 1. The van der Waals surface area contributed by atoms with Gasteiger partial charge in [0.2, 0.25) is 0 Å². The third-order valence-electron chi connectivity index (χ3n) is 7.32. The summed E-state index contributed by atoms with van der Waals surface area (Å²) in [6, 6.07) is 12.3. The van der Waals surface area contributed by atoms with Crippen LogP contribution in [0.2, 0.25) is 0 Å². The topological polar surface area (TPSA) is 49.3 Å². The second-order valence-corrected chi connectivity index (χ2v) is 9.75. The zero-order chi connectivity index (χ0) is 20.1. The van der Waals surface area contributed by atoms with Gasteiger partial charge in [-0.2, -0.15) is 0 Å². The van der Waals surface area contributed by atoms with Crippen molar-refractivity contribution in [2.24, 2.45) is 5.92 Å². The van der Waals surface area contributed by atoms with Crippen LogP contribution in [-0.2, 0) is 16.6 Å². The van der Waals surface area contributed by atoms with Crippen molar-refractivity contribution in [1.29, 1.82) is 0 Å². The molecule has 1 spiro atoms. The van der Waals surface area contributed by atoms with Crippen LogP contribution in [0.1, 0.15) is 54.9 Å². The first-order valence-electron chi connectivity index (χ1n) is 10.1. The monoisotopic (exact) mass is 441 g/mol. The first-order valence-corrected chi connectivity index (χ1v) is 10.9. The van der Waals surface area contributed by atoms with Crippen molar-refractivity contribution < 1.29 is 9.90 Å². The number of carboxylic acid groups (broad SMARTS) is 1. The fourth-order valence-electron chi connectivity index (χ4n) is 5.67. The fourth-order valence-corrected chi connectivity index (χ4v) is 6.07. The molecule has 0 saturated heterocycles. The van der Waals surface area contributed by atoms with Crippen LogP contribution in [0.25, 0.3) is 0 Å². The number of fused-ring (bicyclic) bond motifs is 2. The number of benzene rings is 2. The van der Waals surface area contributed by atoms with Crippen molar-refractivity contribution in [3.8, 4) is 0 Å². The summed E-state index contributed by atoms with van der Waals surface area (Å²) in [6.45, 7) is 6.79. The average molecular weight is 442 g/mol. The molecule has 1 unspecified atom stereocenters. The molecule has 0 bridgehead atoms. The first-order chi connectivity index (χ1) is 13.3. The number of aliphatic carboxylic acids is 1. The highest BCUT2D eigenvalue weighted by molar-refractivity contribution is 9.10. The lowest BCUT2D eigenvalue weighted by molar-refractivity contribution is -0.144. The summed E-state index contributed by atoms with van der Waals surface area (Å²) in [7, 11) is 0. The summed E-state index contributed by atoms with van der Waals surface area (Å²) in [5.41, 5.74) is 5.85. The highest BCUT2D eigenvalue weighted by Gasteiger charge is 2.53. The summed E-state index contributed by atoms with van der Waals surface area (Å²) < 4.78 is 0.953. The minimum Gasteiger partial charge on any atom is -0.480 e. The van der Waals surface area contributed by atoms with E-state index in [9.17, 15) is 9.90 Å². The maximum absolute atomic E-state index is 12.3. The van der Waals surface area contributed by atoms with E-state index in [1.807, 2.05) is 24.3 Å². The van der Waals surface area contributed by atoms with Gasteiger partial charge in [0, 0.05) is 10.2 Å². The molecular weight excluding hydrogens is 414 g/mol. The van der Waals surface area contributed by atoms with Crippen molar-refractivity contribution in [2.45, 2.75) is 63.8 Å². The minimum absolute atomic E-state index is 0.114. The van der Waals surface area contributed by atoms with E-state index in [2.05, 4.69) is 54.2 Å². The van der Waals surface area contributed by atoms with Gasteiger partial charge in [0.05, 0.1) is 0 Å². The molecule has 1 fully saturated rings. The largest absolute Gasteiger partial charge is 0.480 e. The van der Waals surface area contributed by atoms with Gasteiger partial charge < -0.3 is 10.4 Å². The van der Waals surface area contributed by atoms with Crippen LogP contribution in [0.15, 0.2) is 40.9 Å². The lowest BCUT2D eigenvalue weighted by atomic mass is 9.60. The molecule has 1 saturated carbocycles. The fraction of sp³-hybridized carbons (Fsp3) is 0.458. The van der Waals surface area contributed by atoms with E-state index in [-0.39, 0.29) is 5.41 Å². The van der Waals surface area contributed by atoms with Gasteiger partial charge >= 0.3 is 5.97 Å². The van der Waals surface area contributed by atoms with Crippen molar-refractivity contribution >= 4 is 27.6 Å². The van der Waals surface area contributed by atoms with Crippen LogP contribution in [-0.4, -0.2) is 16.6 Å². The lowest BCUT2D eigenvalue weighted by Gasteiger charge is -2.46. The van der Waals surface area contributed by atoms with Crippen LogP contribution in [0.4, 0.5) is 5.69 Å². The third-order valence-corrected chi connectivity index (χ3v) is 7.81. The van der Waals surface area contributed by atoms with E-state index >= 15 is 0 Å². The molecule has 2 N–H and O–H groups in total. The molecule has 0 amide bonds. The Hall–Kier alpha value is -1.81. The zero-order valence-electron chi connectivity index (χ0n) is 16.8. The molecule has 2 aromatic rings. The van der Waals surface area contributed by atoms with Gasteiger partial charge in [-0.15, -0.1) is 0 Å². The predicted molar refractivity (Wildman–Crippen MR) is 117 cm³/mol.